The number of likely N-dealkylation sites (tertiary alicyclic amines) is 1. The molecule has 0 spiro atoms. The summed E-state index contributed by atoms with van der Waals surface area (Å²) in [5.74, 6) is -1.67. The number of hydrogen-bond acceptors (Lipinski definition) is 4. The third kappa shape index (κ3) is 6.35. The van der Waals surface area contributed by atoms with Gasteiger partial charge in [-0.1, -0.05) is 12.8 Å². The summed E-state index contributed by atoms with van der Waals surface area (Å²) >= 11 is 0. The highest BCUT2D eigenvalue weighted by Gasteiger charge is 2.41. The van der Waals surface area contributed by atoms with E-state index >= 15 is 0 Å². The minimum atomic E-state index is -4.73. The molecule has 196 valence electrons. The van der Waals surface area contributed by atoms with Gasteiger partial charge in [-0.15, -0.1) is 0 Å². The van der Waals surface area contributed by atoms with E-state index in [1.165, 1.54) is 0 Å². The molecular weight excluding hydrogens is 486 g/mol. The largest absolute Gasteiger partial charge is 0.416 e. The molecule has 0 unspecified atom stereocenters. The van der Waals surface area contributed by atoms with Crippen LogP contribution < -0.4 is 5.32 Å². The average molecular weight is 520 g/mol. The van der Waals surface area contributed by atoms with Crippen molar-refractivity contribution >= 4 is 15.9 Å². The molecule has 0 radical (unpaired) electrons. The maximum Gasteiger partial charge on any atom is 0.416 e. The molecule has 35 heavy (non-hydrogen) atoms. The van der Waals surface area contributed by atoms with Crippen LogP contribution in [0.15, 0.2) is 18.2 Å². The lowest BCUT2D eigenvalue weighted by Crippen LogP contribution is -2.48. The first kappa shape index (κ1) is 26.3. The van der Waals surface area contributed by atoms with Gasteiger partial charge in [-0.05, 0) is 75.7 Å². The standard InChI is InChI=1S/C24H33F4N3O3S/c25-20-13-18(12-19(14-20)24(26,27)28)23(32)29-15-17-7-10-30(11-8-17)16-21-4-3-9-31(21)35(33,34)22-5-1-2-6-22/h12-14,17,21-22H,1-11,15-16H2,(H,29,32)/t21-/m0/s1. The van der Waals surface area contributed by atoms with E-state index in [-0.39, 0.29) is 22.8 Å². The van der Waals surface area contributed by atoms with Gasteiger partial charge in [0.05, 0.1) is 10.8 Å². The van der Waals surface area contributed by atoms with E-state index in [1.807, 2.05) is 0 Å². The smallest absolute Gasteiger partial charge is 0.352 e. The molecule has 1 amide bonds. The Morgan fingerprint density at radius 1 is 0.971 bits per heavy atom. The van der Waals surface area contributed by atoms with E-state index in [0.717, 1.165) is 70.5 Å². The average Bonchev–Trinajstić information content (AvgIpc) is 3.50. The number of benzene rings is 1. The van der Waals surface area contributed by atoms with Crippen molar-refractivity contribution in [3.05, 3.63) is 35.1 Å². The SMILES string of the molecule is O=C(NCC1CCN(C[C@@H]2CCCN2S(=O)(=O)C2CCCC2)CC1)c1cc(F)cc(C(F)(F)F)c1. The second-order valence-electron chi connectivity index (χ2n) is 10.0. The zero-order valence-electron chi connectivity index (χ0n) is 19.7. The number of piperidine rings is 1. The number of rotatable bonds is 7. The molecule has 1 aromatic rings. The molecule has 3 aliphatic rings. The van der Waals surface area contributed by atoms with Gasteiger partial charge in [0.2, 0.25) is 10.0 Å². The van der Waals surface area contributed by atoms with E-state index in [1.54, 1.807) is 4.31 Å². The van der Waals surface area contributed by atoms with Gasteiger partial charge in [-0.25, -0.2) is 12.8 Å². The Balaban J connectivity index is 1.25. The molecule has 0 aromatic heterocycles. The van der Waals surface area contributed by atoms with Crippen molar-refractivity contribution < 1.29 is 30.8 Å². The third-order valence-electron chi connectivity index (χ3n) is 7.59. The summed E-state index contributed by atoms with van der Waals surface area (Å²) in [6, 6.07) is 1.85. The van der Waals surface area contributed by atoms with E-state index in [0.29, 0.717) is 31.8 Å². The molecule has 11 heteroatoms. The Labute approximate surface area is 204 Å². The Morgan fingerprint density at radius 2 is 1.66 bits per heavy atom. The minimum Gasteiger partial charge on any atom is -0.352 e. The fraction of sp³-hybridized carbons (Fsp3) is 0.708. The predicted molar refractivity (Wildman–Crippen MR) is 124 cm³/mol. The van der Waals surface area contributed by atoms with Crippen LogP contribution in [-0.2, 0) is 16.2 Å². The van der Waals surface area contributed by atoms with Crippen LogP contribution in [0.25, 0.3) is 0 Å². The van der Waals surface area contributed by atoms with Gasteiger partial charge < -0.3 is 10.2 Å². The lowest BCUT2D eigenvalue weighted by Gasteiger charge is -2.36. The second-order valence-corrected chi connectivity index (χ2v) is 12.2. The lowest BCUT2D eigenvalue weighted by atomic mass is 9.96. The van der Waals surface area contributed by atoms with Crippen LogP contribution in [0, 0.1) is 11.7 Å². The first-order chi connectivity index (χ1) is 16.5. The summed E-state index contributed by atoms with van der Waals surface area (Å²) in [5, 5.41) is 2.41. The molecule has 2 aliphatic heterocycles. The van der Waals surface area contributed by atoms with Crippen molar-refractivity contribution in [3.63, 3.8) is 0 Å². The molecule has 1 saturated carbocycles. The zero-order valence-corrected chi connectivity index (χ0v) is 20.5. The maximum atomic E-state index is 13.6. The Bertz CT molecular complexity index is 1000. The number of halogens is 4. The summed E-state index contributed by atoms with van der Waals surface area (Å²) < 4.78 is 80.2. The van der Waals surface area contributed by atoms with Crippen LogP contribution in [0.2, 0.25) is 0 Å². The number of carbonyl (C=O) groups is 1. The predicted octanol–water partition coefficient (Wildman–Crippen LogP) is 4.02. The number of carbonyl (C=O) groups excluding carboxylic acids is 1. The van der Waals surface area contributed by atoms with Gasteiger partial charge in [-0.3, -0.25) is 4.79 Å². The summed E-state index contributed by atoms with van der Waals surface area (Å²) in [7, 11) is -3.25. The van der Waals surface area contributed by atoms with Gasteiger partial charge >= 0.3 is 6.18 Å². The zero-order chi connectivity index (χ0) is 25.2. The van der Waals surface area contributed by atoms with Crippen LogP contribution in [0.3, 0.4) is 0 Å². The summed E-state index contributed by atoms with van der Waals surface area (Å²) in [5.41, 5.74) is -1.54. The number of nitrogens with one attached hydrogen (secondary N) is 1. The van der Waals surface area contributed by atoms with Crippen LogP contribution in [0.1, 0.15) is 67.3 Å². The number of sulfonamides is 1. The third-order valence-corrected chi connectivity index (χ3v) is 10.0. The molecule has 1 atom stereocenters. The van der Waals surface area contributed by atoms with E-state index < -0.39 is 33.5 Å². The van der Waals surface area contributed by atoms with Gasteiger partial charge in [0, 0.05) is 31.2 Å². The number of hydrogen-bond donors (Lipinski definition) is 1. The highest BCUT2D eigenvalue weighted by atomic mass is 32.2. The molecule has 0 bridgehead atoms. The fourth-order valence-corrected chi connectivity index (χ4v) is 7.88. The monoisotopic (exact) mass is 519 g/mol. The molecule has 3 fully saturated rings. The Kier molecular flexibility index (Phi) is 8.07. The van der Waals surface area contributed by atoms with Crippen LogP contribution in [0.5, 0.6) is 0 Å². The van der Waals surface area contributed by atoms with E-state index in [9.17, 15) is 30.8 Å². The lowest BCUT2D eigenvalue weighted by molar-refractivity contribution is -0.137. The van der Waals surface area contributed by atoms with Crippen molar-refractivity contribution in [2.75, 3.05) is 32.7 Å². The Morgan fingerprint density at radius 3 is 2.31 bits per heavy atom. The molecule has 2 saturated heterocycles. The molecular formula is C24H33F4N3O3S. The fourth-order valence-electron chi connectivity index (χ4n) is 5.60. The molecule has 2 heterocycles. The van der Waals surface area contributed by atoms with Gasteiger partial charge in [0.25, 0.3) is 5.91 Å². The highest BCUT2D eigenvalue weighted by Crippen LogP contribution is 2.33. The quantitative estimate of drug-likeness (QED) is 0.553. The summed E-state index contributed by atoms with van der Waals surface area (Å²) in [6.07, 6.45) is 2.09. The van der Waals surface area contributed by atoms with Crippen molar-refractivity contribution in [2.24, 2.45) is 5.92 Å². The van der Waals surface area contributed by atoms with Crippen molar-refractivity contribution in [1.82, 2.24) is 14.5 Å². The van der Waals surface area contributed by atoms with Crippen LogP contribution >= 0.6 is 0 Å². The van der Waals surface area contributed by atoms with E-state index in [2.05, 4.69) is 10.2 Å². The Hall–Kier alpha value is -1.72. The first-order valence-electron chi connectivity index (χ1n) is 12.4. The van der Waals surface area contributed by atoms with Crippen molar-refractivity contribution in [3.8, 4) is 0 Å². The number of nitrogens with zero attached hydrogens (tertiary/aromatic N) is 2. The number of alkyl halides is 3. The van der Waals surface area contributed by atoms with Crippen molar-refractivity contribution in [1.29, 1.82) is 0 Å². The number of amides is 1. The van der Waals surface area contributed by atoms with Gasteiger partial charge in [-0.2, -0.15) is 17.5 Å². The van der Waals surface area contributed by atoms with Crippen LogP contribution in [-0.4, -0.2) is 67.5 Å². The first-order valence-corrected chi connectivity index (χ1v) is 13.9. The minimum absolute atomic E-state index is 0.00709. The second kappa shape index (κ2) is 10.7. The van der Waals surface area contributed by atoms with E-state index in [4.69, 9.17) is 0 Å². The molecule has 1 N–H and O–H groups in total. The molecule has 6 nitrogen and oxygen atoms in total. The van der Waals surface area contributed by atoms with Gasteiger partial charge in [0.15, 0.2) is 0 Å². The maximum absolute atomic E-state index is 13.6. The van der Waals surface area contributed by atoms with Crippen molar-refractivity contribution in [2.45, 2.75) is 68.8 Å². The normalized spacial score (nSPS) is 23.7. The van der Waals surface area contributed by atoms with Gasteiger partial charge in [0.1, 0.15) is 5.82 Å². The van der Waals surface area contributed by atoms with Crippen LogP contribution in [0.4, 0.5) is 17.6 Å². The summed E-state index contributed by atoms with van der Waals surface area (Å²) in [6.45, 7) is 3.14. The summed E-state index contributed by atoms with van der Waals surface area (Å²) in [4.78, 5) is 14.6. The molecule has 4 rings (SSSR count). The molecule has 1 aromatic carbocycles. The molecule has 1 aliphatic carbocycles. The topological polar surface area (TPSA) is 69.7 Å². The highest BCUT2D eigenvalue weighted by molar-refractivity contribution is 7.89.